The van der Waals surface area contributed by atoms with E-state index in [1.165, 1.54) is 17.0 Å². The lowest BCUT2D eigenvalue weighted by Crippen LogP contribution is -2.54. The van der Waals surface area contributed by atoms with Gasteiger partial charge in [-0.3, -0.25) is 19.2 Å². The molecule has 2 aromatic heterocycles. The molecule has 4 N–H and O–H groups in total. The lowest BCUT2D eigenvalue weighted by molar-refractivity contribution is -0.286. The molecule has 0 saturated carbocycles. The van der Waals surface area contributed by atoms with Crippen LogP contribution in [0, 0.1) is 6.92 Å². The average molecular weight is 958 g/mol. The summed E-state index contributed by atoms with van der Waals surface area (Å²) in [7, 11) is -3.92. The summed E-state index contributed by atoms with van der Waals surface area (Å²) in [4.78, 5) is 64.3. The van der Waals surface area contributed by atoms with Crippen molar-refractivity contribution in [3.8, 4) is 39.6 Å². The van der Waals surface area contributed by atoms with Crippen LogP contribution in [-0.2, 0) is 37.1 Å². The van der Waals surface area contributed by atoms with E-state index >= 15 is 0 Å². The molecule has 3 aromatic carbocycles. The van der Waals surface area contributed by atoms with Crippen LogP contribution in [-0.4, -0.2) is 108 Å². The summed E-state index contributed by atoms with van der Waals surface area (Å²) in [5, 5.41) is 5.91. The Labute approximate surface area is 389 Å². The lowest BCUT2D eigenvalue weighted by atomic mass is 10.0. The quantitative estimate of drug-likeness (QED) is 0.106. The third-order valence-electron chi connectivity index (χ3n) is 11.5. The number of hydrogen-bond donors (Lipinski definition) is 3. The number of carbonyl (C=O) groups is 4. The summed E-state index contributed by atoms with van der Waals surface area (Å²) in [5.74, 6) is -1.72. The molecule has 0 spiro atoms. The zero-order valence-electron chi connectivity index (χ0n) is 36.2. The highest BCUT2D eigenvalue weighted by atomic mass is 35.5. The van der Waals surface area contributed by atoms with Gasteiger partial charge in [0.25, 0.3) is 11.8 Å². The van der Waals surface area contributed by atoms with Gasteiger partial charge < -0.3 is 40.4 Å². The van der Waals surface area contributed by atoms with Crippen LogP contribution >= 0.6 is 11.6 Å². The second kappa shape index (κ2) is 19.5. The topological polar surface area (TPSA) is 212 Å². The first-order valence-electron chi connectivity index (χ1n) is 21.5. The van der Waals surface area contributed by atoms with Crippen LogP contribution in [0.4, 0.5) is 20.4 Å². The largest absolute Gasteiger partial charge is 0.586 e. The van der Waals surface area contributed by atoms with E-state index in [9.17, 15) is 36.4 Å². The molecule has 0 unspecified atom stereocenters. The van der Waals surface area contributed by atoms with E-state index in [1.54, 1.807) is 77.8 Å². The number of ether oxygens (including phenoxy) is 3. The molecule has 5 heterocycles. The molecule has 3 aliphatic rings. The van der Waals surface area contributed by atoms with E-state index < -0.39 is 45.6 Å². The Balaban J connectivity index is 0.768. The van der Waals surface area contributed by atoms with Crippen LogP contribution in [0.25, 0.3) is 22.4 Å². The Morgan fingerprint density at radius 2 is 1.69 bits per heavy atom. The number of benzene rings is 3. The van der Waals surface area contributed by atoms with Crippen molar-refractivity contribution in [1.29, 1.82) is 0 Å². The molecular formula is C47H46ClF2N7O9S. The maximum Gasteiger partial charge on any atom is 0.586 e. The van der Waals surface area contributed by atoms with Crippen molar-refractivity contribution in [2.75, 3.05) is 55.3 Å². The minimum Gasteiger partial charge on any atom is -0.479 e. The number of aryl methyl sites for hydroxylation is 2. The van der Waals surface area contributed by atoms with Gasteiger partial charge in [0, 0.05) is 79.0 Å². The number of nitrogens with zero attached hydrogens (tertiary/aromatic N) is 4. The smallest absolute Gasteiger partial charge is 0.479 e. The van der Waals surface area contributed by atoms with Crippen LogP contribution in [0.3, 0.4) is 0 Å². The number of pyridine rings is 2. The molecule has 1 saturated heterocycles. The van der Waals surface area contributed by atoms with Gasteiger partial charge >= 0.3 is 6.29 Å². The van der Waals surface area contributed by atoms with E-state index in [0.29, 0.717) is 64.9 Å². The fourth-order valence-electron chi connectivity index (χ4n) is 8.11. The Hall–Kier alpha value is -6.86. The minimum atomic E-state index is -3.92. The fraction of sp³-hybridized carbons (Fsp3) is 0.319. The molecule has 0 radical (unpaired) electrons. The number of fused-ring (bicyclic) bond motifs is 2. The summed E-state index contributed by atoms with van der Waals surface area (Å²) in [6, 6.07) is 21.7. The molecule has 16 nitrogen and oxygen atoms in total. The Morgan fingerprint density at radius 3 is 2.48 bits per heavy atom. The van der Waals surface area contributed by atoms with Gasteiger partial charge in [0.05, 0.1) is 11.4 Å². The number of anilines is 2. The summed E-state index contributed by atoms with van der Waals surface area (Å²) in [5.41, 5.74) is 11.0. The zero-order valence-corrected chi connectivity index (χ0v) is 37.8. The number of nitrogen functional groups attached to an aromatic ring is 1. The SMILES string of the molecule is Cc1ccc(NC(=O)CCCCc2ccc3c(c2)OC(F)(F)O3)nc1-c1cccc(C(=O)NCCS(=O)(=O)CC(=O)N2CCN(C(=O)[C@H]3Cc4cc(Cl)cc(-c5ccnc(N)c5)c4O3)CC2)c1. The van der Waals surface area contributed by atoms with Gasteiger partial charge in [0.15, 0.2) is 27.4 Å². The third-order valence-corrected chi connectivity index (χ3v) is 13.2. The van der Waals surface area contributed by atoms with E-state index in [-0.39, 0.29) is 68.0 Å². The number of aromatic nitrogens is 2. The van der Waals surface area contributed by atoms with Crippen molar-refractivity contribution < 1.29 is 50.6 Å². The standard InChI is InChI=1S/C47H46ClF2N7O9S/c1-28-9-12-40(54-41(58)8-3-2-5-29-10-11-36-37(21-29)66-47(49,50)65-36)55-43(28)31-6-4-7-32(22-31)45(60)53-15-20-67(62,63)27-42(59)56-16-18-57(19-17-56)46(61)38-24-33-23-34(48)26-35(44(33)64-38)30-13-14-52-39(51)25-30/h4,6-7,9-14,21-23,25-26,38H,2-3,5,8,15-20,24,27H2,1H3,(H2,51,52)(H,53,60)(H,54,55,58)/t38-/m1/s1. The predicted octanol–water partition coefficient (Wildman–Crippen LogP) is 5.85. The molecule has 20 heteroatoms. The van der Waals surface area contributed by atoms with Crippen LogP contribution in [0.15, 0.2) is 85.1 Å². The fourth-order valence-corrected chi connectivity index (χ4v) is 9.47. The first kappa shape index (κ1) is 46.7. The number of sulfone groups is 1. The summed E-state index contributed by atoms with van der Waals surface area (Å²) < 4.78 is 67.8. The van der Waals surface area contributed by atoms with Crippen LogP contribution in [0.2, 0.25) is 5.02 Å². The Kier molecular flexibility index (Phi) is 13.6. The number of rotatable bonds is 15. The number of unbranched alkanes of at least 4 members (excludes halogenated alkanes) is 1. The Bertz CT molecular complexity index is 2860. The van der Waals surface area contributed by atoms with Crippen LogP contribution in [0.5, 0.6) is 17.2 Å². The van der Waals surface area contributed by atoms with E-state index in [2.05, 4.69) is 30.1 Å². The van der Waals surface area contributed by atoms with E-state index in [4.69, 9.17) is 22.1 Å². The van der Waals surface area contributed by atoms with Crippen molar-refractivity contribution in [3.05, 3.63) is 112 Å². The van der Waals surface area contributed by atoms with Gasteiger partial charge in [-0.25, -0.2) is 18.4 Å². The van der Waals surface area contributed by atoms with Gasteiger partial charge in [0.1, 0.15) is 23.1 Å². The Morgan fingerprint density at radius 1 is 0.910 bits per heavy atom. The highest BCUT2D eigenvalue weighted by Crippen LogP contribution is 2.43. The maximum atomic E-state index is 13.6. The number of nitrogens with one attached hydrogen (secondary N) is 2. The van der Waals surface area contributed by atoms with Crippen molar-refractivity contribution >= 4 is 56.7 Å². The second-order valence-corrected chi connectivity index (χ2v) is 19.0. The van der Waals surface area contributed by atoms with E-state index in [1.807, 2.05) is 6.92 Å². The average Bonchev–Trinajstić information content (AvgIpc) is 3.86. The van der Waals surface area contributed by atoms with Crippen molar-refractivity contribution in [3.63, 3.8) is 0 Å². The second-order valence-electron chi connectivity index (χ2n) is 16.4. The summed E-state index contributed by atoms with van der Waals surface area (Å²) in [6.07, 6.45) is -0.703. The molecule has 67 heavy (non-hydrogen) atoms. The number of piperazine rings is 1. The molecule has 5 aromatic rings. The molecule has 8 rings (SSSR count). The van der Waals surface area contributed by atoms with Gasteiger partial charge in [0.2, 0.25) is 11.8 Å². The van der Waals surface area contributed by atoms with E-state index in [0.717, 1.165) is 22.3 Å². The molecular weight excluding hydrogens is 912 g/mol. The summed E-state index contributed by atoms with van der Waals surface area (Å²) in [6.45, 7) is 2.28. The predicted molar refractivity (Wildman–Crippen MR) is 245 cm³/mol. The molecule has 1 fully saturated rings. The monoisotopic (exact) mass is 957 g/mol. The number of carbonyl (C=O) groups excluding carboxylic acids is 4. The third kappa shape index (κ3) is 11.4. The minimum absolute atomic E-state index is 0.0245. The van der Waals surface area contributed by atoms with Crippen molar-refractivity contribution in [2.45, 2.75) is 51.4 Å². The molecule has 0 aliphatic carbocycles. The first-order chi connectivity index (χ1) is 32.0. The lowest BCUT2D eigenvalue weighted by Gasteiger charge is -2.35. The molecule has 3 aliphatic heterocycles. The van der Waals surface area contributed by atoms with Gasteiger partial charge in [-0.2, -0.15) is 0 Å². The molecule has 4 amide bonds. The summed E-state index contributed by atoms with van der Waals surface area (Å²) >= 11 is 6.41. The van der Waals surface area contributed by atoms with Gasteiger partial charge in [-0.15, -0.1) is 8.78 Å². The number of hydrogen-bond acceptors (Lipinski definition) is 12. The number of amides is 4. The van der Waals surface area contributed by atoms with Crippen molar-refractivity contribution in [2.24, 2.45) is 0 Å². The number of halogens is 3. The van der Waals surface area contributed by atoms with Gasteiger partial charge in [-0.05, 0) is 97.5 Å². The number of nitrogens with two attached hydrogens (primary N) is 1. The van der Waals surface area contributed by atoms with Crippen LogP contribution in [0.1, 0.15) is 46.3 Å². The van der Waals surface area contributed by atoms with Crippen molar-refractivity contribution in [1.82, 2.24) is 25.1 Å². The normalized spacial score (nSPS) is 16.0. The first-order valence-corrected chi connectivity index (χ1v) is 23.7. The maximum absolute atomic E-state index is 13.6. The van der Waals surface area contributed by atoms with Crippen LogP contribution < -0.4 is 30.6 Å². The van der Waals surface area contributed by atoms with Gasteiger partial charge in [-0.1, -0.05) is 35.9 Å². The number of alkyl halides is 2. The molecule has 1 atom stereocenters. The highest BCUT2D eigenvalue weighted by molar-refractivity contribution is 7.92. The highest BCUT2D eigenvalue weighted by Gasteiger charge is 2.43. The zero-order chi connectivity index (χ0) is 47.5. The molecule has 0 bridgehead atoms. The molecule has 350 valence electrons.